The number of carbonyl (C=O) groups excluding carboxylic acids is 1. The number of hydrogen-bond acceptors (Lipinski definition) is 3. The lowest BCUT2D eigenvalue weighted by Crippen LogP contribution is -2.51. The summed E-state index contributed by atoms with van der Waals surface area (Å²) in [5, 5.41) is 3.59. The van der Waals surface area contributed by atoms with Crippen LogP contribution in [0.25, 0.3) is 0 Å². The van der Waals surface area contributed by atoms with E-state index >= 15 is 0 Å². The number of carbonyl (C=O) groups is 1. The fraction of sp³-hybridized carbons (Fsp3) is 0.941. The van der Waals surface area contributed by atoms with Crippen molar-refractivity contribution in [3.63, 3.8) is 0 Å². The van der Waals surface area contributed by atoms with Gasteiger partial charge in [-0.15, -0.1) is 0 Å². The van der Waals surface area contributed by atoms with Crippen molar-refractivity contribution < 1.29 is 4.79 Å². The summed E-state index contributed by atoms with van der Waals surface area (Å²) in [4.78, 5) is 17.2. The predicted molar refractivity (Wildman–Crippen MR) is 89.1 cm³/mol. The molecule has 3 unspecified atom stereocenters. The van der Waals surface area contributed by atoms with Gasteiger partial charge in [0.1, 0.15) is 0 Å². The maximum Gasteiger partial charge on any atom is 0.241 e. The Morgan fingerprint density at radius 2 is 1.86 bits per heavy atom. The summed E-state index contributed by atoms with van der Waals surface area (Å²) in [5.41, 5.74) is 0. The van der Waals surface area contributed by atoms with Crippen molar-refractivity contribution in [2.45, 2.75) is 72.1 Å². The molecule has 1 heterocycles. The summed E-state index contributed by atoms with van der Waals surface area (Å²) in [6, 6.07) is 0.290. The van der Waals surface area contributed by atoms with Crippen molar-refractivity contribution in [1.29, 1.82) is 0 Å². The average Bonchev–Trinajstić information content (AvgIpc) is 2.63. The van der Waals surface area contributed by atoms with Crippen LogP contribution in [0.15, 0.2) is 0 Å². The van der Waals surface area contributed by atoms with Gasteiger partial charge in [-0.05, 0) is 38.8 Å². The quantitative estimate of drug-likeness (QED) is 0.748. The lowest BCUT2D eigenvalue weighted by atomic mass is 9.99. The summed E-state index contributed by atoms with van der Waals surface area (Å²) in [5.74, 6) is 1.32. The average molecular weight is 297 g/mol. The van der Waals surface area contributed by atoms with E-state index in [-0.39, 0.29) is 18.2 Å². The first-order chi connectivity index (χ1) is 9.77. The highest BCUT2D eigenvalue weighted by Crippen LogP contribution is 2.25. The van der Waals surface area contributed by atoms with Gasteiger partial charge in [-0.2, -0.15) is 0 Å². The van der Waals surface area contributed by atoms with Gasteiger partial charge in [-0.1, -0.05) is 41.0 Å². The van der Waals surface area contributed by atoms with E-state index in [0.717, 1.165) is 25.8 Å². The topological polar surface area (TPSA) is 35.6 Å². The minimum absolute atomic E-state index is 0.00459. The highest BCUT2D eigenvalue weighted by molar-refractivity contribution is 5.84. The molecule has 1 aliphatic rings. The summed E-state index contributed by atoms with van der Waals surface area (Å²) in [7, 11) is 4.17. The van der Waals surface area contributed by atoms with Crippen LogP contribution in [-0.2, 0) is 4.79 Å². The van der Waals surface area contributed by atoms with Crippen molar-refractivity contribution in [1.82, 2.24) is 15.1 Å². The lowest BCUT2D eigenvalue weighted by molar-refractivity contribution is -0.134. The molecule has 21 heavy (non-hydrogen) atoms. The Hall–Kier alpha value is -0.610. The largest absolute Gasteiger partial charge is 0.321 e. The van der Waals surface area contributed by atoms with E-state index in [2.05, 4.69) is 63.8 Å². The third kappa shape index (κ3) is 4.96. The van der Waals surface area contributed by atoms with Gasteiger partial charge in [-0.3, -0.25) is 10.1 Å². The van der Waals surface area contributed by atoms with Crippen LogP contribution in [0.1, 0.15) is 53.9 Å². The number of rotatable bonds is 8. The second kappa shape index (κ2) is 8.14. The molecule has 1 amide bonds. The molecule has 0 radical (unpaired) electrons. The molecule has 4 heteroatoms. The fourth-order valence-corrected chi connectivity index (χ4v) is 3.24. The molecule has 0 saturated carbocycles. The Morgan fingerprint density at radius 1 is 1.24 bits per heavy atom. The molecule has 0 aromatic heterocycles. The third-order valence-corrected chi connectivity index (χ3v) is 4.23. The first-order valence-corrected chi connectivity index (χ1v) is 8.50. The third-order valence-electron chi connectivity index (χ3n) is 4.23. The number of nitrogens with one attached hydrogen (secondary N) is 1. The van der Waals surface area contributed by atoms with Gasteiger partial charge >= 0.3 is 0 Å². The van der Waals surface area contributed by atoms with E-state index in [9.17, 15) is 4.79 Å². The van der Waals surface area contributed by atoms with Crippen LogP contribution in [0, 0.1) is 11.8 Å². The second-order valence-electron chi connectivity index (χ2n) is 7.47. The minimum Gasteiger partial charge on any atom is -0.321 e. The molecule has 0 spiro atoms. The molecule has 0 aliphatic carbocycles. The summed E-state index contributed by atoms with van der Waals surface area (Å²) in [6.07, 6.45) is 3.28. The van der Waals surface area contributed by atoms with Crippen LogP contribution in [-0.4, -0.2) is 54.6 Å². The summed E-state index contributed by atoms with van der Waals surface area (Å²) in [6.45, 7) is 11.9. The molecule has 0 bridgehead atoms. The first-order valence-electron chi connectivity index (χ1n) is 8.50. The number of amides is 1. The zero-order valence-corrected chi connectivity index (χ0v) is 15.0. The van der Waals surface area contributed by atoms with Crippen molar-refractivity contribution >= 4 is 5.91 Å². The SMILES string of the molecule is CCCC1NC(CC(C)C)C(=O)N1C(CN(C)C)C(C)C. The molecule has 1 rings (SSSR count). The molecular weight excluding hydrogens is 262 g/mol. The van der Waals surface area contributed by atoms with Crippen molar-refractivity contribution in [3.8, 4) is 0 Å². The maximum absolute atomic E-state index is 12.9. The van der Waals surface area contributed by atoms with Crippen LogP contribution in [0.3, 0.4) is 0 Å². The second-order valence-corrected chi connectivity index (χ2v) is 7.47. The fourth-order valence-electron chi connectivity index (χ4n) is 3.24. The normalized spacial score (nSPS) is 24.7. The van der Waals surface area contributed by atoms with Crippen LogP contribution in [0.2, 0.25) is 0 Å². The molecule has 0 aromatic carbocycles. The smallest absolute Gasteiger partial charge is 0.241 e. The molecule has 4 nitrogen and oxygen atoms in total. The Bertz CT molecular complexity index is 328. The van der Waals surface area contributed by atoms with Crippen LogP contribution in [0.5, 0.6) is 0 Å². The molecule has 124 valence electrons. The van der Waals surface area contributed by atoms with E-state index in [0.29, 0.717) is 17.7 Å². The highest BCUT2D eigenvalue weighted by atomic mass is 16.2. The van der Waals surface area contributed by atoms with Crippen LogP contribution >= 0.6 is 0 Å². The standard InChI is InChI=1S/C17H35N3O/c1-8-9-16-18-14(10-12(2)3)17(21)20(16)15(13(4)5)11-19(6)7/h12-16,18H,8-11H2,1-7H3. The maximum atomic E-state index is 12.9. The Kier molecular flexibility index (Phi) is 7.14. The van der Waals surface area contributed by atoms with E-state index in [1.165, 1.54) is 0 Å². The minimum atomic E-state index is 0.00459. The van der Waals surface area contributed by atoms with Crippen LogP contribution < -0.4 is 5.32 Å². The zero-order chi connectivity index (χ0) is 16.2. The molecular formula is C17H35N3O. The Labute approximate surface area is 131 Å². The van der Waals surface area contributed by atoms with Gasteiger partial charge in [0.25, 0.3) is 0 Å². The molecule has 1 aliphatic heterocycles. The van der Waals surface area contributed by atoms with Gasteiger partial charge in [0.05, 0.1) is 12.2 Å². The molecule has 1 fully saturated rings. The van der Waals surface area contributed by atoms with Gasteiger partial charge in [0.15, 0.2) is 0 Å². The van der Waals surface area contributed by atoms with Crippen molar-refractivity contribution in [2.75, 3.05) is 20.6 Å². The van der Waals surface area contributed by atoms with Crippen LogP contribution in [0.4, 0.5) is 0 Å². The summed E-state index contributed by atoms with van der Waals surface area (Å²) >= 11 is 0. The molecule has 3 atom stereocenters. The van der Waals surface area contributed by atoms with E-state index in [1.54, 1.807) is 0 Å². The van der Waals surface area contributed by atoms with E-state index in [4.69, 9.17) is 0 Å². The van der Waals surface area contributed by atoms with Gasteiger partial charge in [-0.25, -0.2) is 0 Å². The highest BCUT2D eigenvalue weighted by Gasteiger charge is 2.42. The molecule has 1 saturated heterocycles. The van der Waals surface area contributed by atoms with E-state index in [1.807, 2.05) is 0 Å². The van der Waals surface area contributed by atoms with Crippen molar-refractivity contribution in [3.05, 3.63) is 0 Å². The van der Waals surface area contributed by atoms with Gasteiger partial charge in [0, 0.05) is 12.6 Å². The number of likely N-dealkylation sites (N-methyl/N-ethyl adjacent to an activating group) is 1. The molecule has 1 N–H and O–H groups in total. The Morgan fingerprint density at radius 3 is 2.29 bits per heavy atom. The zero-order valence-electron chi connectivity index (χ0n) is 15.0. The summed E-state index contributed by atoms with van der Waals surface area (Å²) < 4.78 is 0. The lowest BCUT2D eigenvalue weighted by Gasteiger charge is -2.37. The van der Waals surface area contributed by atoms with E-state index < -0.39 is 0 Å². The monoisotopic (exact) mass is 297 g/mol. The number of nitrogens with zero attached hydrogens (tertiary/aromatic N) is 2. The van der Waals surface area contributed by atoms with Gasteiger partial charge in [0.2, 0.25) is 5.91 Å². The molecule has 0 aromatic rings. The number of hydrogen-bond donors (Lipinski definition) is 1. The first kappa shape index (κ1) is 18.4. The van der Waals surface area contributed by atoms with Crippen molar-refractivity contribution in [2.24, 2.45) is 11.8 Å². The van der Waals surface area contributed by atoms with Gasteiger partial charge < -0.3 is 9.80 Å². The Balaban J connectivity index is 2.94. The predicted octanol–water partition coefficient (Wildman–Crippen LogP) is 2.55.